The zero-order valence-electron chi connectivity index (χ0n) is 16.4. The van der Waals surface area contributed by atoms with Crippen molar-refractivity contribution in [3.05, 3.63) is 77.4 Å². The lowest BCUT2D eigenvalue weighted by molar-refractivity contribution is 0.202. The van der Waals surface area contributed by atoms with E-state index in [1.54, 1.807) is 10.7 Å². The molecule has 1 aliphatic heterocycles. The summed E-state index contributed by atoms with van der Waals surface area (Å²) in [5, 5.41) is 8.52. The summed E-state index contributed by atoms with van der Waals surface area (Å²) < 4.78 is 37.8. The monoisotopic (exact) mass is 429 g/mol. The molecule has 1 saturated heterocycles. The molecular formula is C21H24FN5O2S. The van der Waals surface area contributed by atoms with Gasteiger partial charge in [0.15, 0.2) is 0 Å². The maximum Gasteiger partial charge on any atom is 0.232 e. The molecule has 0 spiro atoms. The predicted octanol–water partition coefficient (Wildman–Crippen LogP) is 3.01. The van der Waals surface area contributed by atoms with Gasteiger partial charge in [-0.25, -0.2) is 18.0 Å². The molecule has 0 amide bonds. The number of rotatable bonds is 7. The minimum Gasteiger partial charge on any atom is -0.297 e. The summed E-state index contributed by atoms with van der Waals surface area (Å²) in [6.07, 6.45) is 3.90. The zero-order chi connectivity index (χ0) is 20.9. The minimum absolute atomic E-state index is 0.0265. The Morgan fingerprint density at radius 2 is 1.93 bits per heavy atom. The third kappa shape index (κ3) is 5.17. The molecule has 1 atom stereocenters. The third-order valence-electron chi connectivity index (χ3n) is 5.46. The van der Waals surface area contributed by atoms with Crippen LogP contribution in [-0.2, 0) is 24.4 Å². The first-order chi connectivity index (χ1) is 14.6. The summed E-state index contributed by atoms with van der Waals surface area (Å²) in [5.41, 5.74) is 3.41. The number of benzene rings is 2. The van der Waals surface area contributed by atoms with Crippen molar-refractivity contribution >= 4 is 11.3 Å². The molecule has 1 aromatic heterocycles. The average molecular weight is 430 g/mol. The van der Waals surface area contributed by atoms with Crippen LogP contribution in [0.15, 0.2) is 54.7 Å². The third-order valence-corrected chi connectivity index (χ3v) is 5.85. The second-order valence-corrected chi connectivity index (χ2v) is 8.25. The molecule has 7 nitrogen and oxygen atoms in total. The summed E-state index contributed by atoms with van der Waals surface area (Å²) in [4.78, 5) is 2.36. The fourth-order valence-electron chi connectivity index (χ4n) is 3.85. The van der Waals surface area contributed by atoms with Crippen LogP contribution in [0, 0.1) is 5.82 Å². The van der Waals surface area contributed by atoms with Gasteiger partial charge in [-0.15, -0.1) is 5.10 Å². The van der Waals surface area contributed by atoms with Crippen LogP contribution in [0.3, 0.4) is 0 Å². The summed E-state index contributed by atoms with van der Waals surface area (Å²) in [6, 6.07) is 15.0. The van der Waals surface area contributed by atoms with Crippen LogP contribution in [0.1, 0.15) is 35.6 Å². The van der Waals surface area contributed by atoms with Crippen molar-refractivity contribution in [2.24, 2.45) is 0 Å². The summed E-state index contributed by atoms with van der Waals surface area (Å²) in [5.74, 6) is -0.0177. The molecule has 1 unspecified atom stereocenters. The number of halogens is 1. The first kappa shape index (κ1) is 20.8. The standard InChI is InChI=1S/C21H24FN5O2S/c22-21-7-6-17(12-18(21)13-23-30(28)29)16-8-10-26(11-9-16)14-19-15-27(25-24-19)20-4-2-1-3-5-20/h1-7,12,15-16,23H,8-11,13-14H2,(H,28,29). The lowest BCUT2D eigenvalue weighted by Crippen LogP contribution is -2.32. The number of piperidine rings is 1. The van der Waals surface area contributed by atoms with Gasteiger partial charge < -0.3 is 0 Å². The van der Waals surface area contributed by atoms with Crippen LogP contribution in [0.25, 0.3) is 5.69 Å². The number of para-hydroxylation sites is 1. The van der Waals surface area contributed by atoms with E-state index in [2.05, 4.69) is 19.9 Å². The largest absolute Gasteiger partial charge is 0.297 e. The van der Waals surface area contributed by atoms with Crippen molar-refractivity contribution in [3.8, 4) is 5.69 Å². The van der Waals surface area contributed by atoms with E-state index in [9.17, 15) is 8.60 Å². The van der Waals surface area contributed by atoms with E-state index in [0.29, 0.717) is 11.5 Å². The molecule has 4 rings (SSSR count). The first-order valence-corrected chi connectivity index (χ1v) is 11.0. The van der Waals surface area contributed by atoms with Gasteiger partial charge in [-0.2, -0.15) is 0 Å². The van der Waals surface area contributed by atoms with Gasteiger partial charge in [-0.1, -0.05) is 35.5 Å². The zero-order valence-corrected chi connectivity index (χ0v) is 17.3. The number of hydrogen-bond donors (Lipinski definition) is 2. The fraction of sp³-hybridized carbons (Fsp3) is 0.333. The Hall–Kier alpha value is -2.46. The van der Waals surface area contributed by atoms with Gasteiger partial charge in [-0.05, 0) is 55.6 Å². The number of nitrogens with zero attached hydrogens (tertiary/aromatic N) is 4. The Labute approximate surface area is 177 Å². The maximum absolute atomic E-state index is 14.0. The highest BCUT2D eigenvalue weighted by Crippen LogP contribution is 2.29. The van der Waals surface area contributed by atoms with Gasteiger partial charge in [0.25, 0.3) is 0 Å². The van der Waals surface area contributed by atoms with E-state index >= 15 is 0 Å². The predicted molar refractivity (Wildman–Crippen MR) is 113 cm³/mol. The van der Waals surface area contributed by atoms with Gasteiger partial charge in [0.05, 0.1) is 17.6 Å². The van der Waals surface area contributed by atoms with Gasteiger partial charge in [0.2, 0.25) is 11.3 Å². The normalized spacial score (nSPS) is 16.6. The van der Waals surface area contributed by atoms with E-state index in [-0.39, 0.29) is 12.4 Å². The van der Waals surface area contributed by atoms with Crippen molar-refractivity contribution in [1.29, 1.82) is 0 Å². The van der Waals surface area contributed by atoms with E-state index in [0.717, 1.165) is 49.4 Å². The molecule has 2 N–H and O–H groups in total. The highest BCUT2D eigenvalue weighted by Gasteiger charge is 2.22. The van der Waals surface area contributed by atoms with Gasteiger partial charge in [0.1, 0.15) is 5.82 Å². The van der Waals surface area contributed by atoms with Gasteiger partial charge in [0, 0.05) is 18.7 Å². The molecule has 0 radical (unpaired) electrons. The van der Waals surface area contributed by atoms with E-state index in [1.807, 2.05) is 42.6 Å². The molecule has 9 heteroatoms. The topological polar surface area (TPSA) is 83.3 Å². The lowest BCUT2D eigenvalue weighted by Gasteiger charge is -2.31. The highest BCUT2D eigenvalue weighted by atomic mass is 32.2. The molecule has 1 aliphatic rings. The van der Waals surface area contributed by atoms with Crippen LogP contribution < -0.4 is 4.72 Å². The maximum atomic E-state index is 14.0. The Morgan fingerprint density at radius 1 is 1.17 bits per heavy atom. The Kier molecular flexibility index (Phi) is 6.63. The molecule has 158 valence electrons. The Bertz CT molecular complexity index is 1010. The van der Waals surface area contributed by atoms with Crippen molar-refractivity contribution < 1.29 is 13.2 Å². The first-order valence-electron chi connectivity index (χ1n) is 9.90. The van der Waals surface area contributed by atoms with E-state index in [4.69, 9.17) is 4.55 Å². The summed E-state index contributed by atoms with van der Waals surface area (Å²) >= 11 is -2.16. The van der Waals surface area contributed by atoms with Crippen LogP contribution in [0.4, 0.5) is 4.39 Å². The quantitative estimate of drug-likeness (QED) is 0.564. The van der Waals surface area contributed by atoms with Crippen LogP contribution in [0.2, 0.25) is 0 Å². The summed E-state index contributed by atoms with van der Waals surface area (Å²) in [7, 11) is 0. The Morgan fingerprint density at radius 3 is 2.67 bits per heavy atom. The highest BCUT2D eigenvalue weighted by molar-refractivity contribution is 7.77. The minimum atomic E-state index is -2.16. The second kappa shape index (κ2) is 9.57. The van der Waals surface area contributed by atoms with Crippen LogP contribution in [0.5, 0.6) is 0 Å². The SMILES string of the molecule is O=S(O)NCc1cc(C2CCN(Cc3cn(-c4ccccc4)nn3)CC2)ccc1F. The van der Waals surface area contributed by atoms with Crippen molar-refractivity contribution in [3.63, 3.8) is 0 Å². The smallest absolute Gasteiger partial charge is 0.232 e. The second-order valence-electron chi connectivity index (χ2n) is 7.46. The van der Waals surface area contributed by atoms with Crippen molar-refractivity contribution in [2.75, 3.05) is 13.1 Å². The molecule has 3 aromatic rings. The molecular weight excluding hydrogens is 405 g/mol. The molecule has 0 bridgehead atoms. The van der Waals surface area contributed by atoms with Gasteiger partial charge in [-0.3, -0.25) is 9.45 Å². The Balaban J connectivity index is 1.34. The molecule has 1 fully saturated rings. The molecule has 0 saturated carbocycles. The summed E-state index contributed by atoms with van der Waals surface area (Å²) in [6.45, 7) is 2.63. The molecule has 30 heavy (non-hydrogen) atoms. The van der Waals surface area contributed by atoms with Crippen LogP contribution >= 0.6 is 0 Å². The van der Waals surface area contributed by atoms with Crippen LogP contribution in [-0.4, -0.2) is 41.7 Å². The van der Waals surface area contributed by atoms with Crippen molar-refractivity contribution in [1.82, 2.24) is 24.6 Å². The lowest BCUT2D eigenvalue weighted by atomic mass is 9.88. The number of hydrogen-bond acceptors (Lipinski definition) is 4. The molecule has 2 heterocycles. The van der Waals surface area contributed by atoms with Gasteiger partial charge >= 0.3 is 0 Å². The number of aromatic nitrogens is 3. The number of likely N-dealkylation sites (tertiary alicyclic amines) is 1. The molecule has 2 aromatic carbocycles. The average Bonchev–Trinajstić information content (AvgIpc) is 3.23. The van der Waals surface area contributed by atoms with Crippen molar-refractivity contribution in [2.45, 2.75) is 31.8 Å². The van der Waals surface area contributed by atoms with E-state index < -0.39 is 11.3 Å². The fourth-order valence-corrected chi connectivity index (χ4v) is 4.13. The van der Waals surface area contributed by atoms with E-state index in [1.165, 1.54) is 6.07 Å². The molecule has 0 aliphatic carbocycles. The number of nitrogens with one attached hydrogen (secondary N) is 1.